The molecular weight excluding hydrogens is 388 g/mol. The van der Waals surface area contributed by atoms with Gasteiger partial charge in [0.25, 0.3) is 0 Å². The lowest BCUT2D eigenvalue weighted by Crippen LogP contribution is -2.40. The highest BCUT2D eigenvalue weighted by atomic mass is 32.2. The molecule has 0 unspecified atom stereocenters. The Balaban J connectivity index is 1.48. The first-order valence-corrected chi connectivity index (χ1v) is 10.9. The van der Waals surface area contributed by atoms with E-state index >= 15 is 0 Å². The third-order valence-electron chi connectivity index (χ3n) is 4.06. The van der Waals surface area contributed by atoms with Crippen LogP contribution in [-0.2, 0) is 19.6 Å². The first kappa shape index (κ1) is 19.5. The summed E-state index contributed by atoms with van der Waals surface area (Å²) in [5.74, 6) is -1.46. The zero-order chi connectivity index (χ0) is 19.4. The van der Waals surface area contributed by atoms with E-state index in [0.717, 1.165) is 16.3 Å². The molecule has 1 aromatic carbocycles. The predicted molar refractivity (Wildman–Crippen MR) is 104 cm³/mol. The maximum atomic E-state index is 12.0. The van der Waals surface area contributed by atoms with E-state index in [0.29, 0.717) is 18.7 Å². The Morgan fingerprint density at radius 2 is 1.96 bits per heavy atom. The lowest BCUT2D eigenvalue weighted by atomic mass is 10.2. The maximum Gasteiger partial charge on any atom is 0.313 e. The fraction of sp³-hybridized carbons (Fsp3) is 0.353. The number of carbonyl (C=O) groups excluding carboxylic acids is 2. The molecule has 27 heavy (non-hydrogen) atoms. The van der Waals surface area contributed by atoms with Crippen molar-refractivity contribution in [1.29, 1.82) is 0 Å². The summed E-state index contributed by atoms with van der Waals surface area (Å²) in [4.78, 5) is 28.2. The molecule has 2 aromatic rings. The number of nitrogens with one attached hydrogen (secondary N) is 2. The molecule has 1 aromatic heterocycles. The number of carbonyl (C=O) groups is 2. The minimum absolute atomic E-state index is 0.0911. The van der Waals surface area contributed by atoms with Gasteiger partial charge in [-0.05, 0) is 37.6 Å². The Morgan fingerprint density at radius 3 is 2.56 bits per heavy atom. The van der Waals surface area contributed by atoms with Gasteiger partial charge in [-0.2, -0.15) is 0 Å². The maximum absolute atomic E-state index is 12.0. The van der Waals surface area contributed by atoms with Gasteiger partial charge in [-0.25, -0.2) is 17.7 Å². The summed E-state index contributed by atoms with van der Waals surface area (Å²) in [6.07, 6.45) is 0.591. The van der Waals surface area contributed by atoms with Gasteiger partial charge in [-0.3, -0.25) is 9.59 Å². The van der Waals surface area contributed by atoms with Crippen molar-refractivity contribution in [3.8, 4) is 10.6 Å². The molecule has 2 amide bonds. The zero-order valence-electron chi connectivity index (χ0n) is 14.8. The summed E-state index contributed by atoms with van der Waals surface area (Å²) in [6.45, 7) is 2.64. The topological polar surface area (TPSA) is 108 Å². The van der Waals surface area contributed by atoms with Gasteiger partial charge >= 0.3 is 11.8 Å². The lowest BCUT2D eigenvalue weighted by molar-refractivity contribution is -0.136. The van der Waals surface area contributed by atoms with E-state index in [-0.39, 0.29) is 18.8 Å². The van der Waals surface area contributed by atoms with Gasteiger partial charge in [0.15, 0.2) is 0 Å². The van der Waals surface area contributed by atoms with Gasteiger partial charge in [0.05, 0.1) is 5.75 Å². The molecule has 2 N–H and O–H groups in total. The molecule has 0 aliphatic carbocycles. The molecule has 144 valence electrons. The Hall–Kier alpha value is -2.30. The molecule has 0 radical (unpaired) electrons. The van der Waals surface area contributed by atoms with E-state index in [4.69, 9.17) is 0 Å². The average molecular weight is 409 g/mol. The van der Waals surface area contributed by atoms with Crippen LogP contribution < -0.4 is 10.6 Å². The highest BCUT2D eigenvalue weighted by Crippen LogP contribution is 2.24. The van der Waals surface area contributed by atoms with Gasteiger partial charge in [-0.15, -0.1) is 11.3 Å². The summed E-state index contributed by atoms with van der Waals surface area (Å²) in [6, 6.07) is 7.05. The summed E-state index contributed by atoms with van der Waals surface area (Å²) in [5.41, 5.74) is 2.38. The van der Waals surface area contributed by atoms with E-state index in [1.165, 1.54) is 15.6 Å². The number of hydrogen-bond donors (Lipinski definition) is 2. The Bertz CT molecular complexity index is 938. The van der Waals surface area contributed by atoms with Crippen LogP contribution in [0.3, 0.4) is 0 Å². The second-order valence-electron chi connectivity index (χ2n) is 6.15. The van der Waals surface area contributed by atoms with Crippen molar-refractivity contribution in [3.05, 3.63) is 35.3 Å². The third kappa shape index (κ3) is 4.90. The smallest absolute Gasteiger partial charge is 0.313 e. The van der Waals surface area contributed by atoms with Gasteiger partial charge in [0.1, 0.15) is 5.01 Å². The third-order valence-corrected chi connectivity index (χ3v) is 7.03. The van der Waals surface area contributed by atoms with Crippen LogP contribution >= 0.6 is 11.3 Å². The summed E-state index contributed by atoms with van der Waals surface area (Å²) >= 11 is 1.54. The van der Waals surface area contributed by atoms with E-state index < -0.39 is 21.8 Å². The van der Waals surface area contributed by atoms with Gasteiger partial charge < -0.3 is 10.6 Å². The predicted octanol–water partition coefficient (Wildman–Crippen LogP) is 1.21. The molecule has 1 aliphatic rings. The minimum Gasteiger partial charge on any atom is -0.347 e. The minimum atomic E-state index is -3.20. The zero-order valence-corrected chi connectivity index (χ0v) is 16.4. The second kappa shape index (κ2) is 8.15. The number of nitrogens with zero attached hydrogens (tertiary/aromatic N) is 2. The number of thiazole rings is 1. The van der Waals surface area contributed by atoms with Crippen LogP contribution in [0, 0.1) is 6.92 Å². The van der Waals surface area contributed by atoms with Crippen LogP contribution in [0.15, 0.2) is 29.6 Å². The molecule has 2 heterocycles. The number of hydrogen-bond acceptors (Lipinski definition) is 6. The van der Waals surface area contributed by atoms with E-state index in [2.05, 4.69) is 15.6 Å². The monoisotopic (exact) mass is 408 g/mol. The largest absolute Gasteiger partial charge is 0.347 e. The quantitative estimate of drug-likeness (QED) is 0.723. The van der Waals surface area contributed by atoms with Crippen molar-refractivity contribution < 1.29 is 18.0 Å². The number of sulfonamides is 1. The molecule has 3 rings (SSSR count). The van der Waals surface area contributed by atoms with Crippen molar-refractivity contribution in [2.75, 3.05) is 30.7 Å². The summed E-state index contributed by atoms with van der Waals surface area (Å²) in [5, 5.41) is 7.81. The number of anilines is 1. The number of aromatic nitrogens is 1. The van der Waals surface area contributed by atoms with Gasteiger partial charge in [0.2, 0.25) is 10.0 Å². The molecule has 1 aliphatic heterocycles. The highest BCUT2D eigenvalue weighted by molar-refractivity contribution is 7.89. The van der Waals surface area contributed by atoms with Crippen LogP contribution in [-0.4, -0.2) is 54.9 Å². The normalized spacial score (nSPS) is 16.2. The van der Waals surface area contributed by atoms with Crippen LogP contribution in [0.2, 0.25) is 0 Å². The summed E-state index contributed by atoms with van der Waals surface area (Å²) in [7, 11) is -3.20. The van der Waals surface area contributed by atoms with Crippen LogP contribution in [0.5, 0.6) is 0 Å². The number of benzene rings is 1. The Morgan fingerprint density at radius 1 is 1.22 bits per heavy atom. The second-order valence-corrected chi connectivity index (χ2v) is 9.10. The molecule has 1 fully saturated rings. The molecule has 0 atom stereocenters. The molecule has 0 bridgehead atoms. The van der Waals surface area contributed by atoms with Gasteiger partial charge in [0, 0.05) is 42.0 Å². The lowest BCUT2D eigenvalue weighted by Gasteiger charge is -2.14. The van der Waals surface area contributed by atoms with E-state index in [9.17, 15) is 18.0 Å². The molecule has 0 saturated carbocycles. The number of amides is 2. The fourth-order valence-corrected chi connectivity index (χ4v) is 5.02. The molecule has 1 saturated heterocycles. The first-order chi connectivity index (χ1) is 12.8. The van der Waals surface area contributed by atoms with Crippen LogP contribution in [0.25, 0.3) is 10.6 Å². The van der Waals surface area contributed by atoms with Crippen molar-refractivity contribution >= 4 is 38.9 Å². The van der Waals surface area contributed by atoms with Crippen molar-refractivity contribution in [3.63, 3.8) is 0 Å². The van der Waals surface area contributed by atoms with Crippen molar-refractivity contribution in [1.82, 2.24) is 14.6 Å². The number of aryl methyl sites for hydroxylation is 1. The molecule has 10 heteroatoms. The summed E-state index contributed by atoms with van der Waals surface area (Å²) < 4.78 is 24.7. The van der Waals surface area contributed by atoms with Crippen molar-refractivity contribution in [2.45, 2.75) is 13.3 Å². The molecule has 0 spiro atoms. The van der Waals surface area contributed by atoms with Crippen LogP contribution in [0.4, 0.5) is 5.69 Å². The first-order valence-electron chi connectivity index (χ1n) is 8.45. The fourth-order valence-electron chi connectivity index (χ4n) is 2.69. The standard InChI is InChI=1S/C17H20N4O4S2/c1-12-11-26-17(19-12)13-3-5-14(6-4-13)20-16(23)15(22)18-7-9-21-8-2-10-27(21,24)25/h3-6,11H,2,7-10H2,1H3,(H,18,22)(H,20,23). The van der Waals surface area contributed by atoms with E-state index in [1.54, 1.807) is 12.1 Å². The SMILES string of the molecule is Cc1csc(-c2ccc(NC(=O)C(=O)NCCN3CCCS3(=O)=O)cc2)n1. The number of rotatable bonds is 5. The molecular formula is C17H20N4O4S2. The van der Waals surface area contributed by atoms with Crippen molar-refractivity contribution in [2.24, 2.45) is 0 Å². The Labute approximate surface area is 161 Å². The Kier molecular flexibility index (Phi) is 5.88. The van der Waals surface area contributed by atoms with E-state index in [1.807, 2.05) is 24.4 Å². The van der Waals surface area contributed by atoms with Crippen LogP contribution in [0.1, 0.15) is 12.1 Å². The average Bonchev–Trinajstić information content (AvgIpc) is 3.21. The highest BCUT2D eigenvalue weighted by Gasteiger charge is 2.27. The molecule has 8 nitrogen and oxygen atoms in total. The van der Waals surface area contributed by atoms with Gasteiger partial charge in [-0.1, -0.05) is 0 Å².